The maximum atomic E-state index is 4.37. The van der Waals surface area contributed by atoms with Gasteiger partial charge >= 0.3 is 0 Å². The van der Waals surface area contributed by atoms with Gasteiger partial charge in [0.15, 0.2) is 0 Å². The van der Waals surface area contributed by atoms with Crippen LogP contribution < -0.4 is 5.32 Å². The Morgan fingerprint density at radius 2 is 1.70 bits per heavy atom. The predicted molar refractivity (Wildman–Crippen MR) is 87.2 cm³/mol. The molecule has 0 aliphatic heterocycles. The molecule has 2 nitrogen and oxygen atoms in total. The summed E-state index contributed by atoms with van der Waals surface area (Å²) in [5, 5.41) is 6.77. The van der Waals surface area contributed by atoms with Gasteiger partial charge < -0.3 is 5.32 Å². The van der Waals surface area contributed by atoms with E-state index in [0.29, 0.717) is 6.04 Å². The summed E-state index contributed by atoms with van der Waals surface area (Å²) in [6.07, 6.45) is 1.86. The molecule has 20 heavy (non-hydrogen) atoms. The van der Waals surface area contributed by atoms with Gasteiger partial charge in [0.05, 0.1) is 6.04 Å². The van der Waals surface area contributed by atoms with Gasteiger partial charge in [0, 0.05) is 17.6 Å². The molecule has 108 valence electrons. The predicted octanol–water partition coefficient (Wildman–Crippen LogP) is 4.85. The van der Waals surface area contributed by atoms with Crippen LogP contribution in [0, 0.1) is 0 Å². The molecular weight excluding hydrogens is 264 g/mol. The average molecular weight is 288 g/mol. The highest BCUT2D eigenvalue weighted by Gasteiger charge is 2.15. The highest BCUT2D eigenvalue weighted by atomic mass is 32.1. The van der Waals surface area contributed by atoms with E-state index in [1.807, 2.05) is 11.6 Å². The highest BCUT2D eigenvalue weighted by molar-refractivity contribution is 7.09. The summed E-state index contributed by atoms with van der Waals surface area (Å²) in [4.78, 5) is 4.37. The smallest absolute Gasteiger partial charge is 0.109 e. The Balaban J connectivity index is 2.04. The third-order valence-electron chi connectivity index (χ3n) is 3.60. The standard InChI is InChI=1S/C17H24N2S/c1-12(19-13(2)16-18-10-11-20-16)14-6-8-15(9-7-14)17(3,4)5/h6-13,19H,1-5H3. The van der Waals surface area contributed by atoms with E-state index in [4.69, 9.17) is 0 Å². The molecule has 0 bridgehead atoms. The SMILES string of the molecule is CC(NC(C)c1nccs1)c1ccc(C(C)(C)C)cc1. The zero-order valence-electron chi connectivity index (χ0n) is 13.0. The zero-order valence-corrected chi connectivity index (χ0v) is 13.8. The first-order valence-electron chi connectivity index (χ1n) is 7.14. The van der Waals surface area contributed by atoms with Crippen LogP contribution in [0.5, 0.6) is 0 Å². The molecule has 0 aliphatic carbocycles. The van der Waals surface area contributed by atoms with E-state index in [9.17, 15) is 0 Å². The molecule has 0 aliphatic rings. The first-order valence-corrected chi connectivity index (χ1v) is 8.02. The maximum absolute atomic E-state index is 4.37. The molecule has 1 aromatic carbocycles. The fourth-order valence-corrected chi connectivity index (χ4v) is 2.92. The van der Waals surface area contributed by atoms with Crippen LogP contribution in [0.4, 0.5) is 0 Å². The Morgan fingerprint density at radius 1 is 1.05 bits per heavy atom. The van der Waals surface area contributed by atoms with Crippen LogP contribution in [0.3, 0.4) is 0 Å². The zero-order chi connectivity index (χ0) is 14.8. The number of hydrogen-bond acceptors (Lipinski definition) is 3. The minimum absolute atomic E-state index is 0.212. The van der Waals surface area contributed by atoms with Crippen LogP contribution in [-0.2, 0) is 5.41 Å². The molecular formula is C17H24N2S. The van der Waals surface area contributed by atoms with Crippen LogP contribution in [0.2, 0.25) is 0 Å². The van der Waals surface area contributed by atoms with Crippen molar-refractivity contribution in [2.45, 2.75) is 52.1 Å². The molecule has 2 atom stereocenters. The van der Waals surface area contributed by atoms with Gasteiger partial charge in [-0.1, -0.05) is 45.0 Å². The molecule has 0 saturated heterocycles. The molecule has 0 spiro atoms. The second-order valence-corrected chi connectivity index (χ2v) is 7.28. The lowest BCUT2D eigenvalue weighted by molar-refractivity contribution is 0.492. The van der Waals surface area contributed by atoms with E-state index in [-0.39, 0.29) is 11.5 Å². The minimum atomic E-state index is 0.212. The molecule has 1 heterocycles. The van der Waals surface area contributed by atoms with Crippen molar-refractivity contribution in [2.24, 2.45) is 0 Å². The van der Waals surface area contributed by atoms with Gasteiger partial charge in [-0.2, -0.15) is 0 Å². The van der Waals surface area contributed by atoms with E-state index < -0.39 is 0 Å². The second kappa shape index (κ2) is 6.06. The van der Waals surface area contributed by atoms with Gasteiger partial charge in [-0.05, 0) is 30.4 Å². The monoisotopic (exact) mass is 288 g/mol. The molecule has 2 rings (SSSR count). The first-order chi connectivity index (χ1) is 9.38. The van der Waals surface area contributed by atoms with E-state index in [1.165, 1.54) is 11.1 Å². The number of rotatable bonds is 4. The number of hydrogen-bond donors (Lipinski definition) is 1. The topological polar surface area (TPSA) is 24.9 Å². The summed E-state index contributed by atoms with van der Waals surface area (Å²) in [5.41, 5.74) is 2.91. The number of thiazole rings is 1. The number of nitrogens with one attached hydrogen (secondary N) is 1. The molecule has 0 amide bonds. The van der Waals surface area contributed by atoms with E-state index >= 15 is 0 Å². The lowest BCUT2D eigenvalue weighted by Crippen LogP contribution is -2.22. The van der Waals surface area contributed by atoms with Gasteiger partial charge in [0.2, 0.25) is 0 Å². The summed E-state index contributed by atoms with van der Waals surface area (Å²) < 4.78 is 0. The Hall–Kier alpha value is -1.19. The van der Waals surface area contributed by atoms with Crippen LogP contribution >= 0.6 is 11.3 Å². The highest BCUT2D eigenvalue weighted by Crippen LogP contribution is 2.25. The third kappa shape index (κ3) is 3.68. The molecule has 3 heteroatoms. The quantitative estimate of drug-likeness (QED) is 0.869. The van der Waals surface area contributed by atoms with Gasteiger partial charge in [0.25, 0.3) is 0 Å². The summed E-state index contributed by atoms with van der Waals surface area (Å²) in [5.74, 6) is 0. The average Bonchev–Trinajstić information content (AvgIpc) is 2.91. The van der Waals surface area contributed by atoms with E-state index in [1.54, 1.807) is 11.3 Å². The molecule has 0 fully saturated rings. The molecule has 2 aromatic rings. The van der Waals surface area contributed by atoms with Crippen molar-refractivity contribution in [1.82, 2.24) is 10.3 Å². The van der Waals surface area contributed by atoms with Crippen molar-refractivity contribution in [2.75, 3.05) is 0 Å². The summed E-state index contributed by atoms with van der Waals surface area (Å²) >= 11 is 1.70. The Kier molecular flexibility index (Phi) is 4.61. The fourth-order valence-electron chi connectivity index (χ4n) is 2.26. The van der Waals surface area contributed by atoms with E-state index in [0.717, 1.165) is 5.01 Å². The second-order valence-electron chi connectivity index (χ2n) is 6.35. The van der Waals surface area contributed by atoms with Crippen molar-refractivity contribution < 1.29 is 0 Å². The number of benzene rings is 1. The molecule has 2 unspecified atom stereocenters. The van der Waals surface area contributed by atoms with Gasteiger partial charge in [0.1, 0.15) is 5.01 Å². The van der Waals surface area contributed by atoms with Crippen LogP contribution in [0.15, 0.2) is 35.8 Å². The lowest BCUT2D eigenvalue weighted by atomic mass is 9.86. The van der Waals surface area contributed by atoms with Crippen molar-refractivity contribution in [3.63, 3.8) is 0 Å². The van der Waals surface area contributed by atoms with Gasteiger partial charge in [-0.25, -0.2) is 4.98 Å². The maximum Gasteiger partial charge on any atom is 0.109 e. The largest absolute Gasteiger partial charge is 0.302 e. The van der Waals surface area contributed by atoms with Gasteiger partial charge in [-0.3, -0.25) is 0 Å². The Labute approximate surface area is 126 Å². The number of aromatic nitrogens is 1. The van der Waals surface area contributed by atoms with Crippen molar-refractivity contribution in [1.29, 1.82) is 0 Å². The molecule has 0 saturated carbocycles. The molecule has 0 radical (unpaired) electrons. The van der Waals surface area contributed by atoms with E-state index in [2.05, 4.69) is 69.2 Å². The lowest BCUT2D eigenvalue weighted by Gasteiger charge is -2.22. The summed E-state index contributed by atoms with van der Waals surface area (Å²) in [6.45, 7) is 11.1. The van der Waals surface area contributed by atoms with Gasteiger partial charge in [-0.15, -0.1) is 11.3 Å². The van der Waals surface area contributed by atoms with Crippen molar-refractivity contribution in [3.05, 3.63) is 52.0 Å². The van der Waals surface area contributed by atoms with Crippen LogP contribution in [0.1, 0.15) is 62.8 Å². The number of nitrogens with zero attached hydrogens (tertiary/aromatic N) is 1. The molecule has 1 aromatic heterocycles. The minimum Gasteiger partial charge on any atom is -0.302 e. The first kappa shape index (κ1) is 15.2. The van der Waals surface area contributed by atoms with Crippen molar-refractivity contribution >= 4 is 11.3 Å². The summed E-state index contributed by atoms with van der Waals surface area (Å²) in [7, 11) is 0. The Bertz CT molecular complexity index is 523. The van der Waals surface area contributed by atoms with Crippen LogP contribution in [-0.4, -0.2) is 4.98 Å². The molecule has 1 N–H and O–H groups in total. The van der Waals surface area contributed by atoms with Crippen LogP contribution in [0.25, 0.3) is 0 Å². The summed E-state index contributed by atoms with van der Waals surface area (Å²) in [6, 6.07) is 9.54. The third-order valence-corrected chi connectivity index (χ3v) is 4.56. The normalized spacial score (nSPS) is 15.1. The van der Waals surface area contributed by atoms with Crippen molar-refractivity contribution in [3.8, 4) is 0 Å². The fraction of sp³-hybridized carbons (Fsp3) is 0.471. The Morgan fingerprint density at radius 3 is 2.20 bits per heavy atom.